The van der Waals surface area contributed by atoms with Crippen LogP contribution in [0.4, 0.5) is 0 Å². The number of pyridine rings is 1. The van der Waals surface area contributed by atoms with Crippen LogP contribution in [0.15, 0.2) is 47.7 Å². The van der Waals surface area contributed by atoms with E-state index in [9.17, 15) is 0 Å². The molecule has 1 atom stereocenters. The molecule has 4 rings (SSSR count). The summed E-state index contributed by atoms with van der Waals surface area (Å²) < 4.78 is 1.22. The topological polar surface area (TPSA) is 38.1 Å². The smallest absolute Gasteiger partial charge is 0.124 e. The molecule has 0 amide bonds. The highest BCUT2D eigenvalue weighted by molar-refractivity contribution is 7.21. The molecule has 4 heteroatoms. The minimum Gasteiger partial charge on any atom is -0.289 e. The number of hydrogen-bond acceptors (Lipinski definition) is 4. The van der Waals surface area contributed by atoms with Gasteiger partial charge in [0, 0.05) is 30.2 Å². The third-order valence-electron chi connectivity index (χ3n) is 4.12. The molecule has 3 heterocycles. The first-order chi connectivity index (χ1) is 10.8. The van der Waals surface area contributed by atoms with Gasteiger partial charge in [0.05, 0.1) is 10.2 Å². The first-order valence-electron chi connectivity index (χ1n) is 7.64. The maximum Gasteiger partial charge on any atom is 0.124 e. The molecular weight excluding hydrogens is 290 g/mol. The van der Waals surface area contributed by atoms with E-state index in [0.29, 0.717) is 5.92 Å². The molecule has 0 saturated heterocycles. The summed E-state index contributed by atoms with van der Waals surface area (Å²) in [5.41, 5.74) is 4.65. The van der Waals surface area contributed by atoms with Gasteiger partial charge in [0.15, 0.2) is 0 Å². The van der Waals surface area contributed by atoms with Gasteiger partial charge in [-0.2, -0.15) is 0 Å². The number of aromatic nitrogens is 2. The van der Waals surface area contributed by atoms with Gasteiger partial charge in [-0.15, -0.1) is 11.3 Å². The molecule has 0 spiro atoms. The summed E-state index contributed by atoms with van der Waals surface area (Å²) in [7, 11) is 0. The highest BCUT2D eigenvalue weighted by Gasteiger charge is 2.14. The SMILES string of the molecule is C[C@H]1CCC(c2ccc3sc(-c4ccncc4)nc3c2)=NC1. The zero-order valence-corrected chi connectivity index (χ0v) is 13.3. The van der Waals surface area contributed by atoms with E-state index in [1.807, 2.05) is 24.5 Å². The van der Waals surface area contributed by atoms with E-state index in [4.69, 9.17) is 9.98 Å². The van der Waals surface area contributed by atoms with Crippen molar-refractivity contribution < 1.29 is 0 Å². The molecule has 1 aromatic carbocycles. The monoisotopic (exact) mass is 307 g/mol. The average molecular weight is 307 g/mol. The van der Waals surface area contributed by atoms with E-state index < -0.39 is 0 Å². The lowest BCUT2D eigenvalue weighted by atomic mass is 9.96. The predicted molar refractivity (Wildman–Crippen MR) is 92.7 cm³/mol. The second-order valence-corrected chi connectivity index (χ2v) is 6.90. The molecule has 0 bridgehead atoms. The maximum atomic E-state index is 4.79. The molecule has 2 aromatic heterocycles. The van der Waals surface area contributed by atoms with E-state index in [-0.39, 0.29) is 0 Å². The first-order valence-corrected chi connectivity index (χ1v) is 8.46. The normalized spacial score (nSPS) is 18.4. The Kier molecular flexibility index (Phi) is 3.47. The van der Waals surface area contributed by atoms with Crippen LogP contribution in [-0.2, 0) is 0 Å². The molecule has 110 valence electrons. The number of thiazole rings is 1. The summed E-state index contributed by atoms with van der Waals surface area (Å²) in [5.74, 6) is 0.713. The van der Waals surface area contributed by atoms with Crippen molar-refractivity contribution in [2.45, 2.75) is 19.8 Å². The van der Waals surface area contributed by atoms with Gasteiger partial charge in [0.25, 0.3) is 0 Å². The summed E-state index contributed by atoms with van der Waals surface area (Å²) in [6, 6.07) is 10.6. The Morgan fingerprint density at radius 1 is 1.09 bits per heavy atom. The van der Waals surface area contributed by atoms with Crippen LogP contribution in [0, 0.1) is 5.92 Å². The lowest BCUT2D eigenvalue weighted by Crippen LogP contribution is -2.14. The van der Waals surface area contributed by atoms with Gasteiger partial charge in [-0.1, -0.05) is 13.0 Å². The largest absolute Gasteiger partial charge is 0.289 e. The van der Waals surface area contributed by atoms with Crippen molar-refractivity contribution >= 4 is 27.3 Å². The molecule has 3 nitrogen and oxygen atoms in total. The van der Waals surface area contributed by atoms with E-state index in [1.165, 1.54) is 22.4 Å². The second kappa shape index (κ2) is 5.61. The average Bonchev–Trinajstić information content (AvgIpc) is 2.99. The van der Waals surface area contributed by atoms with Crippen LogP contribution in [0.5, 0.6) is 0 Å². The molecule has 0 unspecified atom stereocenters. The molecule has 1 aliphatic heterocycles. The lowest BCUT2D eigenvalue weighted by Gasteiger charge is -2.17. The molecule has 3 aromatic rings. The van der Waals surface area contributed by atoms with Crippen molar-refractivity contribution in [1.82, 2.24) is 9.97 Å². The summed E-state index contributed by atoms with van der Waals surface area (Å²) in [6.45, 7) is 3.22. The molecule has 0 radical (unpaired) electrons. The van der Waals surface area contributed by atoms with E-state index in [0.717, 1.165) is 29.1 Å². The van der Waals surface area contributed by atoms with Gasteiger partial charge in [0.1, 0.15) is 5.01 Å². The number of nitrogens with zero attached hydrogens (tertiary/aromatic N) is 3. The van der Waals surface area contributed by atoms with Crippen molar-refractivity contribution in [3.63, 3.8) is 0 Å². The van der Waals surface area contributed by atoms with Crippen LogP contribution in [0.1, 0.15) is 25.3 Å². The van der Waals surface area contributed by atoms with E-state index in [2.05, 4.69) is 30.1 Å². The van der Waals surface area contributed by atoms with E-state index >= 15 is 0 Å². The van der Waals surface area contributed by atoms with Gasteiger partial charge < -0.3 is 0 Å². The molecule has 0 fully saturated rings. The highest BCUT2D eigenvalue weighted by atomic mass is 32.1. The lowest BCUT2D eigenvalue weighted by molar-refractivity contribution is 0.538. The Balaban J connectivity index is 1.72. The summed E-state index contributed by atoms with van der Waals surface area (Å²) >= 11 is 1.73. The number of aliphatic imine (C=N–C) groups is 1. The van der Waals surface area contributed by atoms with Gasteiger partial charge in [0.2, 0.25) is 0 Å². The van der Waals surface area contributed by atoms with Crippen LogP contribution in [0.25, 0.3) is 20.8 Å². The van der Waals surface area contributed by atoms with Crippen LogP contribution in [0.2, 0.25) is 0 Å². The first kappa shape index (κ1) is 13.6. The minimum absolute atomic E-state index is 0.713. The summed E-state index contributed by atoms with van der Waals surface area (Å²) in [6.07, 6.45) is 5.93. The van der Waals surface area contributed by atoms with Crippen LogP contribution >= 0.6 is 11.3 Å². The Morgan fingerprint density at radius 2 is 1.95 bits per heavy atom. The van der Waals surface area contributed by atoms with Gasteiger partial charge >= 0.3 is 0 Å². The van der Waals surface area contributed by atoms with Gasteiger partial charge in [-0.3, -0.25) is 9.98 Å². The molecular formula is C18H17N3S. The zero-order chi connectivity index (χ0) is 14.9. The van der Waals surface area contributed by atoms with Crippen molar-refractivity contribution in [1.29, 1.82) is 0 Å². The number of fused-ring (bicyclic) bond motifs is 1. The fourth-order valence-corrected chi connectivity index (χ4v) is 3.73. The van der Waals surface area contributed by atoms with Gasteiger partial charge in [-0.05, 0) is 48.6 Å². The Labute approximate surface area is 133 Å². The fourth-order valence-electron chi connectivity index (χ4n) is 2.78. The van der Waals surface area contributed by atoms with Crippen molar-refractivity contribution in [3.05, 3.63) is 48.3 Å². The molecule has 0 N–H and O–H groups in total. The van der Waals surface area contributed by atoms with Crippen LogP contribution in [0.3, 0.4) is 0 Å². The standard InChI is InChI=1S/C18H17N3S/c1-12-2-4-15(20-11-12)14-3-5-17-16(10-14)21-18(22-17)13-6-8-19-9-7-13/h3,5-10,12H,2,4,11H2,1H3/t12-/m0/s1. The summed E-state index contributed by atoms with van der Waals surface area (Å²) in [5, 5.41) is 1.05. The fraction of sp³-hybridized carbons (Fsp3) is 0.278. The van der Waals surface area contributed by atoms with Crippen LogP contribution < -0.4 is 0 Å². The zero-order valence-electron chi connectivity index (χ0n) is 12.5. The molecule has 1 aliphatic rings. The molecule has 0 aliphatic carbocycles. The number of rotatable bonds is 2. The minimum atomic E-state index is 0.713. The van der Waals surface area contributed by atoms with Crippen molar-refractivity contribution in [2.75, 3.05) is 6.54 Å². The van der Waals surface area contributed by atoms with E-state index in [1.54, 1.807) is 11.3 Å². The van der Waals surface area contributed by atoms with Crippen molar-refractivity contribution in [2.24, 2.45) is 10.9 Å². The Hall–Kier alpha value is -2.07. The Morgan fingerprint density at radius 3 is 2.73 bits per heavy atom. The number of benzene rings is 1. The third kappa shape index (κ3) is 2.55. The number of hydrogen-bond donors (Lipinski definition) is 0. The quantitative estimate of drug-likeness (QED) is 0.695. The predicted octanol–water partition coefficient (Wildman–Crippen LogP) is 4.58. The van der Waals surface area contributed by atoms with Crippen molar-refractivity contribution in [3.8, 4) is 10.6 Å². The highest BCUT2D eigenvalue weighted by Crippen LogP contribution is 2.31. The third-order valence-corrected chi connectivity index (χ3v) is 5.20. The second-order valence-electron chi connectivity index (χ2n) is 5.87. The van der Waals surface area contributed by atoms with Gasteiger partial charge in [-0.25, -0.2) is 4.98 Å². The Bertz CT molecular complexity index is 836. The maximum absolute atomic E-state index is 4.79. The molecule has 22 heavy (non-hydrogen) atoms. The molecule has 0 saturated carbocycles. The van der Waals surface area contributed by atoms with Crippen LogP contribution in [-0.4, -0.2) is 22.2 Å². The summed E-state index contributed by atoms with van der Waals surface area (Å²) in [4.78, 5) is 13.6.